The van der Waals surface area contributed by atoms with Gasteiger partial charge in [-0.15, -0.1) is 0 Å². The van der Waals surface area contributed by atoms with E-state index in [1.54, 1.807) is 6.07 Å². The van der Waals surface area contributed by atoms with Crippen LogP contribution in [0.3, 0.4) is 0 Å². The number of furan rings is 1. The van der Waals surface area contributed by atoms with Crippen molar-refractivity contribution in [3.05, 3.63) is 57.2 Å². The van der Waals surface area contributed by atoms with E-state index in [1.807, 2.05) is 20.8 Å². The molecule has 0 radical (unpaired) electrons. The van der Waals surface area contributed by atoms with Crippen LogP contribution in [-0.4, -0.2) is 0 Å². The minimum atomic E-state index is -0.301. The summed E-state index contributed by atoms with van der Waals surface area (Å²) in [5.41, 5.74) is 8.71. The molecule has 2 nitrogen and oxygen atoms in total. The van der Waals surface area contributed by atoms with Gasteiger partial charge >= 0.3 is 0 Å². The summed E-state index contributed by atoms with van der Waals surface area (Å²) < 4.78 is 19.3. The van der Waals surface area contributed by atoms with Crippen LogP contribution >= 0.6 is 11.6 Å². The van der Waals surface area contributed by atoms with Gasteiger partial charge in [0.2, 0.25) is 0 Å². The van der Waals surface area contributed by atoms with Crippen LogP contribution in [0, 0.1) is 26.6 Å². The molecule has 0 saturated heterocycles. The van der Waals surface area contributed by atoms with Crippen LogP contribution < -0.4 is 5.73 Å². The summed E-state index contributed by atoms with van der Waals surface area (Å²) in [6, 6.07) is 4.22. The fourth-order valence-electron chi connectivity index (χ4n) is 2.39. The molecule has 1 aromatic carbocycles. The average molecular weight is 282 g/mol. The Morgan fingerprint density at radius 2 is 1.95 bits per heavy atom. The van der Waals surface area contributed by atoms with Gasteiger partial charge in [0, 0.05) is 16.6 Å². The predicted octanol–water partition coefficient (Wildman–Crippen LogP) is 4.24. The molecule has 0 saturated carbocycles. The molecule has 1 unspecified atom stereocenters. The highest BCUT2D eigenvalue weighted by molar-refractivity contribution is 6.30. The van der Waals surface area contributed by atoms with Crippen molar-refractivity contribution in [3.63, 3.8) is 0 Å². The molecule has 102 valence electrons. The summed E-state index contributed by atoms with van der Waals surface area (Å²) in [6.07, 6.45) is 0.396. The molecule has 0 fully saturated rings. The van der Waals surface area contributed by atoms with Gasteiger partial charge < -0.3 is 10.2 Å². The zero-order valence-corrected chi connectivity index (χ0v) is 12.0. The lowest BCUT2D eigenvalue weighted by molar-refractivity contribution is 0.495. The first-order valence-electron chi connectivity index (χ1n) is 6.16. The molecule has 1 atom stereocenters. The van der Waals surface area contributed by atoms with Gasteiger partial charge in [0.15, 0.2) is 0 Å². The van der Waals surface area contributed by atoms with Crippen molar-refractivity contribution in [2.75, 3.05) is 0 Å². The maximum absolute atomic E-state index is 13.7. The van der Waals surface area contributed by atoms with E-state index in [0.717, 1.165) is 22.6 Å². The van der Waals surface area contributed by atoms with Crippen LogP contribution in [0.1, 0.15) is 34.3 Å². The number of benzene rings is 1. The summed E-state index contributed by atoms with van der Waals surface area (Å²) in [7, 11) is 0. The van der Waals surface area contributed by atoms with Crippen LogP contribution in [0.2, 0.25) is 5.02 Å². The molecule has 1 heterocycles. The van der Waals surface area contributed by atoms with Crippen LogP contribution in [-0.2, 0) is 6.42 Å². The molecular formula is C15H17ClFNO. The SMILES string of the molecule is Cc1oc(C)c(C(N)Cc2cc(Cl)ccc2F)c1C. The Hall–Kier alpha value is -1.32. The normalized spacial score (nSPS) is 12.7. The highest BCUT2D eigenvalue weighted by atomic mass is 35.5. The highest BCUT2D eigenvalue weighted by Crippen LogP contribution is 2.29. The molecule has 19 heavy (non-hydrogen) atoms. The topological polar surface area (TPSA) is 39.2 Å². The summed E-state index contributed by atoms with van der Waals surface area (Å²) >= 11 is 5.89. The van der Waals surface area contributed by atoms with Crippen LogP contribution in [0.25, 0.3) is 0 Å². The van der Waals surface area contributed by atoms with E-state index in [0.29, 0.717) is 17.0 Å². The summed E-state index contributed by atoms with van der Waals surface area (Å²) in [4.78, 5) is 0. The number of halogens is 2. The second kappa shape index (κ2) is 5.35. The van der Waals surface area contributed by atoms with Crippen molar-refractivity contribution >= 4 is 11.6 Å². The molecule has 2 rings (SSSR count). The minimum Gasteiger partial charge on any atom is -0.466 e. The first-order chi connectivity index (χ1) is 8.90. The standard InChI is InChI=1S/C15H17ClFNO/c1-8-9(2)19-10(3)15(8)14(18)7-11-6-12(16)4-5-13(11)17/h4-6,14H,7,18H2,1-3H3. The largest absolute Gasteiger partial charge is 0.466 e. The van der Waals surface area contributed by atoms with Gasteiger partial charge in [-0.25, -0.2) is 4.39 Å². The van der Waals surface area contributed by atoms with Crippen molar-refractivity contribution in [3.8, 4) is 0 Å². The van der Waals surface area contributed by atoms with Crippen molar-refractivity contribution in [1.29, 1.82) is 0 Å². The maximum Gasteiger partial charge on any atom is 0.126 e. The van der Waals surface area contributed by atoms with Gasteiger partial charge in [-0.2, -0.15) is 0 Å². The number of aryl methyl sites for hydroxylation is 2. The van der Waals surface area contributed by atoms with E-state index >= 15 is 0 Å². The third kappa shape index (κ3) is 2.82. The number of nitrogens with two attached hydrogens (primary N) is 1. The molecule has 0 aliphatic heterocycles. The van der Waals surface area contributed by atoms with Gasteiger partial charge in [-0.05, 0) is 56.5 Å². The first-order valence-corrected chi connectivity index (χ1v) is 6.54. The second-order valence-electron chi connectivity index (χ2n) is 4.80. The van der Waals surface area contributed by atoms with E-state index < -0.39 is 0 Å². The van der Waals surface area contributed by atoms with Crippen LogP contribution in [0.5, 0.6) is 0 Å². The lowest BCUT2D eigenvalue weighted by Crippen LogP contribution is -2.15. The van der Waals surface area contributed by atoms with Crippen molar-refractivity contribution in [2.24, 2.45) is 5.73 Å². The van der Waals surface area contributed by atoms with E-state index in [9.17, 15) is 4.39 Å². The van der Waals surface area contributed by atoms with E-state index in [1.165, 1.54) is 12.1 Å². The number of hydrogen-bond donors (Lipinski definition) is 1. The van der Waals surface area contributed by atoms with E-state index in [4.69, 9.17) is 21.8 Å². The lowest BCUT2D eigenvalue weighted by Gasteiger charge is -2.13. The van der Waals surface area contributed by atoms with Crippen molar-refractivity contribution in [1.82, 2.24) is 0 Å². The lowest BCUT2D eigenvalue weighted by atomic mass is 9.96. The molecule has 2 N–H and O–H groups in total. The summed E-state index contributed by atoms with van der Waals surface area (Å²) in [5.74, 6) is 1.37. The Balaban J connectivity index is 2.30. The Morgan fingerprint density at radius 1 is 1.26 bits per heavy atom. The third-order valence-corrected chi connectivity index (χ3v) is 3.67. The Labute approximate surface area is 117 Å². The molecule has 4 heteroatoms. The van der Waals surface area contributed by atoms with Crippen LogP contribution in [0.15, 0.2) is 22.6 Å². The van der Waals surface area contributed by atoms with Crippen molar-refractivity contribution in [2.45, 2.75) is 33.2 Å². The number of hydrogen-bond acceptors (Lipinski definition) is 2. The third-order valence-electron chi connectivity index (χ3n) is 3.44. The maximum atomic E-state index is 13.7. The zero-order valence-electron chi connectivity index (χ0n) is 11.3. The Bertz CT molecular complexity index is 606. The molecule has 0 aliphatic rings. The van der Waals surface area contributed by atoms with E-state index in [2.05, 4.69) is 0 Å². The molecule has 0 amide bonds. The monoisotopic (exact) mass is 281 g/mol. The van der Waals surface area contributed by atoms with Gasteiger partial charge in [0.05, 0.1) is 0 Å². The molecule has 0 aliphatic carbocycles. The van der Waals surface area contributed by atoms with Crippen molar-refractivity contribution < 1.29 is 8.81 Å². The Morgan fingerprint density at radius 3 is 2.53 bits per heavy atom. The highest BCUT2D eigenvalue weighted by Gasteiger charge is 2.19. The zero-order chi connectivity index (χ0) is 14.2. The summed E-state index contributed by atoms with van der Waals surface area (Å²) in [5, 5.41) is 0.514. The Kier molecular flexibility index (Phi) is 3.97. The van der Waals surface area contributed by atoms with E-state index in [-0.39, 0.29) is 11.9 Å². The molecule has 0 spiro atoms. The first kappa shape index (κ1) is 14.1. The molecule has 1 aromatic heterocycles. The number of rotatable bonds is 3. The predicted molar refractivity (Wildman–Crippen MR) is 75.0 cm³/mol. The smallest absolute Gasteiger partial charge is 0.126 e. The second-order valence-corrected chi connectivity index (χ2v) is 5.24. The van der Waals surface area contributed by atoms with Crippen LogP contribution in [0.4, 0.5) is 4.39 Å². The van der Waals surface area contributed by atoms with Gasteiger partial charge in [-0.1, -0.05) is 11.6 Å². The van der Waals surface area contributed by atoms with Gasteiger partial charge in [0.25, 0.3) is 0 Å². The average Bonchev–Trinajstić information content (AvgIpc) is 2.58. The minimum absolute atomic E-state index is 0.282. The fraction of sp³-hybridized carbons (Fsp3) is 0.333. The van der Waals surface area contributed by atoms with Gasteiger partial charge in [-0.3, -0.25) is 0 Å². The fourth-order valence-corrected chi connectivity index (χ4v) is 2.59. The molecular weight excluding hydrogens is 265 g/mol. The molecule has 2 aromatic rings. The van der Waals surface area contributed by atoms with Gasteiger partial charge in [0.1, 0.15) is 17.3 Å². The summed E-state index contributed by atoms with van der Waals surface area (Å²) in [6.45, 7) is 5.75. The molecule has 0 bridgehead atoms. The quantitative estimate of drug-likeness (QED) is 0.914.